The number of hydrogen-bond acceptors (Lipinski definition) is 4. The molecule has 2 N–H and O–H groups in total. The van der Waals surface area contributed by atoms with Crippen molar-refractivity contribution in [3.05, 3.63) is 0 Å². The van der Waals surface area contributed by atoms with Gasteiger partial charge in [0, 0.05) is 6.04 Å². The number of hydrogen-bond donors (Lipinski definition) is 1. The fourth-order valence-corrected chi connectivity index (χ4v) is 2.76. The molecule has 1 fully saturated rings. The van der Waals surface area contributed by atoms with E-state index in [1.807, 2.05) is 14.0 Å². The van der Waals surface area contributed by atoms with Gasteiger partial charge in [-0.05, 0) is 45.2 Å². The summed E-state index contributed by atoms with van der Waals surface area (Å²) in [5.74, 6) is 1.11. The van der Waals surface area contributed by atoms with E-state index in [9.17, 15) is 4.79 Å². The second kappa shape index (κ2) is 6.97. The predicted molar refractivity (Wildman–Crippen MR) is 68.6 cm³/mol. The molecule has 0 amide bonds. The first-order chi connectivity index (χ1) is 8.08. The Balaban J connectivity index is 2.51. The smallest absolute Gasteiger partial charge is 0.320 e. The lowest BCUT2D eigenvalue weighted by atomic mass is 9.78. The molecule has 0 aliphatic heterocycles. The number of nitrogens with two attached hydrogens (primary N) is 1. The second-order valence-corrected chi connectivity index (χ2v) is 5.20. The molecule has 17 heavy (non-hydrogen) atoms. The first kappa shape index (κ1) is 14.5. The Hall–Kier alpha value is -0.610. The minimum Gasteiger partial charge on any atom is -0.465 e. The largest absolute Gasteiger partial charge is 0.465 e. The van der Waals surface area contributed by atoms with Gasteiger partial charge in [-0.2, -0.15) is 0 Å². The molecular formula is C13H26N2O2. The lowest BCUT2D eigenvalue weighted by Gasteiger charge is -2.39. The molecule has 100 valence electrons. The van der Waals surface area contributed by atoms with E-state index in [1.165, 1.54) is 12.8 Å². The number of rotatable bonds is 5. The molecule has 1 aliphatic rings. The third-order valence-electron chi connectivity index (χ3n) is 3.77. The fraction of sp³-hybridized carbons (Fsp3) is 0.923. The lowest BCUT2D eigenvalue weighted by molar-refractivity contribution is -0.145. The third kappa shape index (κ3) is 4.28. The van der Waals surface area contributed by atoms with Crippen LogP contribution in [0.5, 0.6) is 0 Å². The Labute approximate surface area is 104 Å². The number of nitrogens with zero attached hydrogens (tertiary/aromatic N) is 1. The highest BCUT2D eigenvalue weighted by molar-refractivity contribution is 5.71. The summed E-state index contributed by atoms with van der Waals surface area (Å²) in [6.07, 6.45) is 3.57. The highest BCUT2D eigenvalue weighted by Gasteiger charge is 2.31. The van der Waals surface area contributed by atoms with Gasteiger partial charge in [0.25, 0.3) is 0 Å². The minimum absolute atomic E-state index is 0.135. The molecule has 4 nitrogen and oxygen atoms in total. The second-order valence-electron chi connectivity index (χ2n) is 5.20. The number of carbonyl (C=O) groups excluding carboxylic acids is 1. The Morgan fingerprint density at radius 3 is 2.76 bits per heavy atom. The average molecular weight is 242 g/mol. The molecular weight excluding hydrogens is 216 g/mol. The summed E-state index contributed by atoms with van der Waals surface area (Å²) in [7, 11) is 2.00. The van der Waals surface area contributed by atoms with Crippen molar-refractivity contribution in [1.82, 2.24) is 4.90 Å². The first-order valence-electron chi connectivity index (χ1n) is 6.64. The van der Waals surface area contributed by atoms with Gasteiger partial charge in [-0.25, -0.2) is 0 Å². The highest BCUT2D eigenvalue weighted by Crippen LogP contribution is 2.31. The van der Waals surface area contributed by atoms with Crippen LogP contribution < -0.4 is 5.73 Å². The zero-order chi connectivity index (χ0) is 12.8. The molecule has 0 aromatic heterocycles. The van der Waals surface area contributed by atoms with Crippen LogP contribution in [0.1, 0.15) is 33.1 Å². The molecule has 0 radical (unpaired) electrons. The quantitative estimate of drug-likeness (QED) is 0.737. The van der Waals surface area contributed by atoms with E-state index in [1.54, 1.807) is 0 Å². The first-order valence-corrected chi connectivity index (χ1v) is 6.64. The Bertz CT molecular complexity index is 246. The van der Waals surface area contributed by atoms with Crippen molar-refractivity contribution < 1.29 is 9.53 Å². The molecule has 1 saturated carbocycles. The predicted octanol–water partition coefficient (Wildman–Crippen LogP) is 1.24. The molecule has 0 aromatic carbocycles. The van der Waals surface area contributed by atoms with Gasteiger partial charge in [-0.15, -0.1) is 0 Å². The van der Waals surface area contributed by atoms with Crippen LogP contribution in [0, 0.1) is 11.8 Å². The molecule has 0 heterocycles. The van der Waals surface area contributed by atoms with Crippen molar-refractivity contribution in [3.63, 3.8) is 0 Å². The maximum absolute atomic E-state index is 11.5. The average Bonchev–Trinajstić information content (AvgIpc) is 2.29. The van der Waals surface area contributed by atoms with Crippen molar-refractivity contribution in [1.29, 1.82) is 0 Å². The van der Waals surface area contributed by atoms with Crippen LogP contribution in [0.15, 0.2) is 0 Å². The summed E-state index contributed by atoms with van der Waals surface area (Å²) in [5, 5.41) is 0. The Kier molecular flexibility index (Phi) is 5.92. The van der Waals surface area contributed by atoms with Gasteiger partial charge in [0.2, 0.25) is 0 Å². The van der Waals surface area contributed by atoms with Crippen molar-refractivity contribution >= 4 is 5.97 Å². The minimum atomic E-state index is -0.135. The molecule has 1 aliphatic carbocycles. The number of esters is 1. The summed E-state index contributed by atoms with van der Waals surface area (Å²) in [6.45, 7) is 5.65. The van der Waals surface area contributed by atoms with Crippen LogP contribution in [-0.2, 0) is 9.53 Å². The standard InChI is InChI=1S/C13H26N2O2/c1-4-17-13(16)9-15(3)12-7-10(2)5-6-11(12)8-14/h10-12H,4-9,14H2,1-3H3. The molecule has 4 heteroatoms. The van der Waals surface area contributed by atoms with E-state index >= 15 is 0 Å². The van der Waals surface area contributed by atoms with Gasteiger partial charge >= 0.3 is 5.97 Å². The number of likely N-dealkylation sites (N-methyl/N-ethyl adjacent to an activating group) is 1. The van der Waals surface area contributed by atoms with E-state index in [0.29, 0.717) is 31.7 Å². The zero-order valence-corrected chi connectivity index (χ0v) is 11.3. The summed E-state index contributed by atoms with van der Waals surface area (Å²) >= 11 is 0. The van der Waals surface area contributed by atoms with E-state index in [-0.39, 0.29) is 5.97 Å². The molecule has 0 saturated heterocycles. The summed E-state index contributed by atoms with van der Waals surface area (Å²) in [6, 6.07) is 0.424. The molecule has 1 rings (SSSR count). The van der Waals surface area contributed by atoms with Crippen molar-refractivity contribution in [3.8, 4) is 0 Å². The Morgan fingerprint density at radius 1 is 1.47 bits per heavy atom. The van der Waals surface area contributed by atoms with Crippen LogP contribution in [0.25, 0.3) is 0 Å². The van der Waals surface area contributed by atoms with Gasteiger partial charge < -0.3 is 10.5 Å². The zero-order valence-electron chi connectivity index (χ0n) is 11.3. The van der Waals surface area contributed by atoms with Crippen LogP contribution in [0.2, 0.25) is 0 Å². The maximum atomic E-state index is 11.5. The maximum Gasteiger partial charge on any atom is 0.320 e. The molecule has 3 atom stereocenters. The number of carbonyl (C=O) groups is 1. The van der Waals surface area contributed by atoms with E-state index in [4.69, 9.17) is 10.5 Å². The van der Waals surface area contributed by atoms with Crippen molar-refractivity contribution in [2.75, 3.05) is 26.7 Å². The molecule has 0 bridgehead atoms. The van der Waals surface area contributed by atoms with Gasteiger partial charge in [-0.1, -0.05) is 13.3 Å². The lowest BCUT2D eigenvalue weighted by Crippen LogP contribution is -2.46. The molecule has 3 unspecified atom stereocenters. The highest BCUT2D eigenvalue weighted by atomic mass is 16.5. The van der Waals surface area contributed by atoms with Gasteiger partial charge in [0.05, 0.1) is 13.2 Å². The van der Waals surface area contributed by atoms with Crippen molar-refractivity contribution in [2.45, 2.75) is 39.2 Å². The van der Waals surface area contributed by atoms with Gasteiger partial charge in [0.1, 0.15) is 0 Å². The summed E-state index contributed by atoms with van der Waals surface area (Å²) < 4.78 is 4.99. The van der Waals surface area contributed by atoms with Crippen molar-refractivity contribution in [2.24, 2.45) is 17.6 Å². The van der Waals surface area contributed by atoms with Crippen LogP contribution in [-0.4, -0.2) is 43.7 Å². The van der Waals surface area contributed by atoms with E-state index in [0.717, 1.165) is 12.3 Å². The SMILES string of the molecule is CCOC(=O)CN(C)C1CC(C)CCC1CN. The monoisotopic (exact) mass is 242 g/mol. The summed E-state index contributed by atoms with van der Waals surface area (Å²) in [4.78, 5) is 13.6. The Morgan fingerprint density at radius 2 is 2.18 bits per heavy atom. The number of ether oxygens (including phenoxy) is 1. The third-order valence-corrected chi connectivity index (χ3v) is 3.77. The molecule has 0 spiro atoms. The van der Waals surface area contributed by atoms with Crippen LogP contribution in [0.4, 0.5) is 0 Å². The van der Waals surface area contributed by atoms with Gasteiger partial charge in [-0.3, -0.25) is 9.69 Å². The van der Waals surface area contributed by atoms with Crippen LogP contribution >= 0.6 is 0 Å². The van der Waals surface area contributed by atoms with Gasteiger partial charge in [0.15, 0.2) is 0 Å². The summed E-state index contributed by atoms with van der Waals surface area (Å²) in [5.41, 5.74) is 5.82. The topological polar surface area (TPSA) is 55.6 Å². The van der Waals surface area contributed by atoms with Crippen LogP contribution in [0.3, 0.4) is 0 Å². The van der Waals surface area contributed by atoms with E-state index < -0.39 is 0 Å². The van der Waals surface area contributed by atoms with E-state index in [2.05, 4.69) is 11.8 Å². The normalized spacial score (nSPS) is 29.4. The molecule has 0 aromatic rings. The fourth-order valence-electron chi connectivity index (χ4n) is 2.76.